The second-order valence-electron chi connectivity index (χ2n) is 6.33. The molecule has 1 aromatic heterocycles. The number of sulfonamides is 1. The Morgan fingerprint density at radius 3 is 2.64 bits per heavy atom. The highest BCUT2D eigenvalue weighted by molar-refractivity contribution is 7.91. The van der Waals surface area contributed by atoms with E-state index in [0.717, 1.165) is 17.8 Å². The van der Waals surface area contributed by atoms with Gasteiger partial charge in [0.1, 0.15) is 4.21 Å². The highest BCUT2D eigenvalue weighted by Crippen LogP contribution is 2.30. The van der Waals surface area contributed by atoms with E-state index in [-0.39, 0.29) is 22.1 Å². The van der Waals surface area contributed by atoms with E-state index in [1.165, 1.54) is 11.6 Å². The summed E-state index contributed by atoms with van der Waals surface area (Å²) in [7, 11) is -3.58. The monoisotopic (exact) mass is 342 g/mol. The van der Waals surface area contributed by atoms with E-state index in [4.69, 9.17) is 0 Å². The maximum atomic E-state index is 12.1. The van der Waals surface area contributed by atoms with Crippen molar-refractivity contribution >= 4 is 27.3 Å². The van der Waals surface area contributed by atoms with Gasteiger partial charge >= 0.3 is 0 Å². The first-order chi connectivity index (χ1) is 10.2. The summed E-state index contributed by atoms with van der Waals surface area (Å²) in [6.07, 6.45) is 2.92. The molecule has 0 unspecified atom stereocenters. The zero-order chi connectivity index (χ0) is 16.4. The van der Waals surface area contributed by atoms with Gasteiger partial charge in [0, 0.05) is 13.1 Å². The first kappa shape index (κ1) is 17.2. The Morgan fingerprint density at radius 1 is 1.41 bits per heavy atom. The third-order valence-corrected chi connectivity index (χ3v) is 6.50. The van der Waals surface area contributed by atoms with Gasteiger partial charge in [-0.2, -0.15) is 0 Å². The smallest absolute Gasteiger partial charge is 0.250 e. The van der Waals surface area contributed by atoms with Crippen LogP contribution in [0.2, 0.25) is 0 Å². The van der Waals surface area contributed by atoms with E-state index in [9.17, 15) is 13.2 Å². The van der Waals surface area contributed by atoms with E-state index in [1.54, 1.807) is 16.3 Å². The molecule has 0 spiro atoms. The summed E-state index contributed by atoms with van der Waals surface area (Å²) in [4.78, 5) is 13.8. The fraction of sp³-hybridized carbons (Fsp3) is 0.533. The fourth-order valence-corrected chi connectivity index (χ4v) is 4.34. The predicted molar refractivity (Wildman–Crippen MR) is 88.2 cm³/mol. The zero-order valence-corrected chi connectivity index (χ0v) is 14.8. The van der Waals surface area contributed by atoms with Crippen LogP contribution in [0.15, 0.2) is 33.4 Å². The van der Waals surface area contributed by atoms with Gasteiger partial charge in [0.2, 0.25) is 5.91 Å². The minimum atomic E-state index is -3.58. The molecule has 0 aromatic carbocycles. The molecule has 2 rings (SSSR count). The largest absolute Gasteiger partial charge is 0.338 e. The summed E-state index contributed by atoms with van der Waals surface area (Å²) in [6.45, 7) is 7.47. The molecule has 5 nitrogen and oxygen atoms in total. The number of carbonyl (C=O) groups is 1. The topological polar surface area (TPSA) is 66.5 Å². The molecule has 0 saturated heterocycles. The second kappa shape index (κ2) is 6.52. The van der Waals surface area contributed by atoms with Gasteiger partial charge in [-0.1, -0.05) is 38.5 Å². The van der Waals surface area contributed by atoms with Crippen LogP contribution in [-0.2, 0) is 14.8 Å². The third kappa shape index (κ3) is 4.18. The van der Waals surface area contributed by atoms with Gasteiger partial charge in [-0.15, -0.1) is 11.3 Å². The Labute approximate surface area is 136 Å². The van der Waals surface area contributed by atoms with Crippen LogP contribution in [0.25, 0.3) is 0 Å². The van der Waals surface area contributed by atoms with Crippen molar-refractivity contribution in [1.82, 2.24) is 9.62 Å². The quantitative estimate of drug-likeness (QED) is 0.853. The average Bonchev–Trinajstić information content (AvgIpc) is 2.99. The van der Waals surface area contributed by atoms with Crippen molar-refractivity contribution in [2.75, 3.05) is 19.6 Å². The van der Waals surface area contributed by atoms with Gasteiger partial charge in [0.15, 0.2) is 0 Å². The molecule has 22 heavy (non-hydrogen) atoms. The van der Waals surface area contributed by atoms with Gasteiger partial charge < -0.3 is 4.90 Å². The van der Waals surface area contributed by atoms with Crippen LogP contribution in [0.3, 0.4) is 0 Å². The fourth-order valence-electron chi connectivity index (χ4n) is 2.33. The SMILES string of the molecule is CC(C)(C)C1=CCN(C(=O)CNS(=O)(=O)c2cccs2)CC1. The number of rotatable bonds is 4. The van der Waals surface area contributed by atoms with Crippen LogP contribution < -0.4 is 4.72 Å². The van der Waals surface area contributed by atoms with Crippen molar-refractivity contribution in [2.24, 2.45) is 5.41 Å². The maximum Gasteiger partial charge on any atom is 0.250 e. The molecule has 7 heteroatoms. The Kier molecular flexibility index (Phi) is 5.09. The number of thiophene rings is 1. The first-order valence-corrected chi connectivity index (χ1v) is 9.57. The summed E-state index contributed by atoms with van der Waals surface area (Å²) in [5, 5.41) is 1.69. The molecule has 1 aliphatic rings. The minimum Gasteiger partial charge on any atom is -0.338 e. The number of hydrogen-bond acceptors (Lipinski definition) is 4. The average molecular weight is 342 g/mol. The number of nitrogens with zero attached hydrogens (tertiary/aromatic N) is 1. The molecule has 1 aliphatic heterocycles. The standard InChI is InChI=1S/C15H22N2O3S2/c1-15(2,3)12-6-8-17(9-7-12)13(18)11-16-22(19,20)14-5-4-10-21-14/h4-6,10,16H,7-9,11H2,1-3H3. The molecule has 0 radical (unpaired) electrons. The Bertz CT molecular complexity index is 655. The Balaban J connectivity index is 1.91. The second-order valence-corrected chi connectivity index (χ2v) is 9.27. The van der Waals surface area contributed by atoms with Gasteiger partial charge in [-0.25, -0.2) is 13.1 Å². The van der Waals surface area contributed by atoms with Crippen LogP contribution in [0, 0.1) is 5.41 Å². The van der Waals surface area contributed by atoms with Gasteiger partial charge in [-0.05, 0) is 23.3 Å². The lowest BCUT2D eigenvalue weighted by atomic mass is 9.83. The van der Waals surface area contributed by atoms with Crippen molar-refractivity contribution in [3.05, 3.63) is 29.2 Å². The molecule has 0 saturated carbocycles. The molecule has 0 bridgehead atoms. The van der Waals surface area contributed by atoms with Gasteiger partial charge in [-0.3, -0.25) is 4.79 Å². The van der Waals surface area contributed by atoms with Crippen LogP contribution in [-0.4, -0.2) is 38.9 Å². The molecule has 2 heterocycles. The summed E-state index contributed by atoms with van der Waals surface area (Å²) in [5.74, 6) is -0.190. The normalized spacial score (nSPS) is 16.5. The summed E-state index contributed by atoms with van der Waals surface area (Å²) >= 11 is 1.14. The molecule has 0 atom stereocenters. The van der Waals surface area contributed by atoms with Crippen molar-refractivity contribution in [2.45, 2.75) is 31.4 Å². The predicted octanol–water partition coefficient (Wildman–Crippen LogP) is 2.23. The summed E-state index contributed by atoms with van der Waals surface area (Å²) < 4.78 is 26.6. The van der Waals surface area contributed by atoms with Crippen LogP contribution in [0.5, 0.6) is 0 Å². The van der Waals surface area contributed by atoms with Crippen molar-refractivity contribution in [3.63, 3.8) is 0 Å². The Hall–Kier alpha value is -1.18. The molecular formula is C15H22N2O3S2. The van der Waals surface area contributed by atoms with Crippen molar-refractivity contribution in [1.29, 1.82) is 0 Å². The van der Waals surface area contributed by atoms with E-state index in [1.807, 2.05) is 0 Å². The molecule has 1 amide bonds. The first-order valence-electron chi connectivity index (χ1n) is 7.20. The number of amides is 1. The maximum absolute atomic E-state index is 12.1. The van der Waals surface area contributed by atoms with Gasteiger partial charge in [0.05, 0.1) is 6.54 Å². The lowest BCUT2D eigenvalue weighted by Gasteiger charge is -2.32. The van der Waals surface area contributed by atoms with E-state index < -0.39 is 10.0 Å². The van der Waals surface area contributed by atoms with Crippen LogP contribution >= 0.6 is 11.3 Å². The van der Waals surface area contributed by atoms with E-state index in [2.05, 4.69) is 31.6 Å². The molecule has 1 N–H and O–H groups in total. The van der Waals surface area contributed by atoms with E-state index in [0.29, 0.717) is 13.1 Å². The lowest BCUT2D eigenvalue weighted by molar-refractivity contribution is -0.129. The van der Waals surface area contributed by atoms with Gasteiger partial charge in [0.25, 0.3) is 10.0 Å². The van der Waals surface area contributed by atoms with Crippen molar-refractivity contribution in [3.8, 4) is 0 Å². The van der Waals surface area contributed by atoms with E-state index >= 15 is 0 Å². The highest BCUT2D eigenvalue weighted by atomic mass is 32.2. The number of carbonyl (C=O) groups excluding carboxylic acids is 1. The highest BCUT2D eigenvalue weighted by Gasteiger charge is 2.24. The molecule has 0 aliphatic carbocycles. The number of nitrogens with one attached hydrogen (secondary N) is 1. The molecule has 1 aromatic rings. The molecule has 0 fully saturated rings. The zero-order valence-electron chi connectivity index (χ0n) is 13.1. The molecule has 122 valence electrons. The van der Waals surface area contributed by atoms with Crippen LogP contribution in [0.4, 0.5) is 0 Å². The lowest BCUT2D eigenvalue weighted by Crippen LogP contribution is -2.42. The van der Waals surface area contributed by atoms with Crippen LogP contribution in [0.1, 0.15) is 27.2 Å². The minimum absolute atomic E-state index is 0.121. The number of hydrogen-bond donors (Lipinski definition) is 1. The summed E-state index contributed by atoms with van der Waals surface area (Å²) in [6, 6.07) is 3.20. The Morgan fingerprint density at radius 2 is 2.14 bits per heavy atom. The molecular weight excluding hydrogens is 320 g/mol. The third-order valence-electron chi connectivity index (χ3n) is 3.70. The van der Waals surface area contributed by atoms with Crippen molar-refractivity contribution < 1.29 is 13.2 Å². The summed E-state index contributed by atoms with van der Waals surface area (Å²) in [5.41, 5.74) is 1.46.